The predicted octanol–water partition coefficient (Wildman–Crippen LogP) is 3.57. The molecule has 2 aromatic rings. The molecule has 0 amide bonds. The molecule has 20 heavy (non-hydrogen) atoms. The van der Waals surface area contributed by atoms with E-state index >= 15 is 0 Å². The van der Waals surface area contributed by atoms with Gasteiger partial charge in [-0.1, -0.05) is 31.5 Å². The molecule has 0 aliphatic heterocycles. The second-order valence-electron chi connectivity index (χ2n) is 5.22. The average Bonchev–Trinajstić information content (AvgIpc) is 2.50. The van der Waals surface area contributed by atoms with Crippen LogP contribution in [0.15, 0.2) is 36.7 Å². The van der Waals surface area contributed by atoms with Crippen molar-refractivity contribution in [1.29, 1.82) is 0 Å². The lowest BCUT2D eigenvalue weighted by atomic mass is 9.92. The number of nitrogens with two attached hydrogens (primary N) is 1. The summed E-state index contributed by atoms with van der Waals surface area (Å²) in [6.45, 7) is 2.86. The Labute approximate surface area is 120 Å². The average molecular weight is 270 g/mol. The third-order valence-corrected chi connectivity index (χ3v) is 3.91. The summed E-state index contributed by atoms with van der Waals surface area (Å²) in [5, 5.41) is 2.02. The Bertz CT molecular complexity index is 575. The number of benzene rings is 1. The lowest BCUT2D eigenvalue weighted by Crippen LogP contribution is -2.10. The van der Waals surface area contributed by atoms with E-state index in [0.717, 1.165) is 35.6 Å². The van der Waals surface area contributed by atoms with E-state index < -0.39 is 0 Å². The van der Waals surface area contributed by atoms with Crippen LogP contribution < -0.4 is 5.73 Å². The number of pyridine rings is 1. The van der Waals surface area contributed by atoms with E-state index in [2.05, 4.69) is 11.9 Å². The molecule has 2 rings (SSSR count). The van der Waals surface area contributed by atoms with Crippen molar-refractivity contribution in [2.24, 2.45) is 11.7 Å². The summed E-state index contributed by atoms with van der Waals surface area (Å²) in [5.74, 6) is 0.776. The number of fused-ring (bicyclic) bond motifs is 1. The Hall–Kier alpha value is -1.74. The number of hydrogen-bond acceptors (Lipinski definition) is 3. The number of nitrogens with zero attached hydrogens (tertiary/aromatic N) is 1. The summed E-state index contributed by atoms with van der Waals surface area (Å²) in [6, 6.07) is 7.74. The first-order valence-corrected chi connectivity index (χ1v) is 7.32. The summed E-state index contributed by atoms with van der Waals surface area (Å²) in [5.41, 5.74) is 6.42. The first-order valence-electron chi connectivity index (χ1n) is 7.32. The zero-order valence-electron chi connectivity index (χ0n) is 12.0. The van der Waals surface area contributed by atoms with Gasteiger partial charge in [-0.25, -0.2) is 0 Å². The van der Waals surface area contributed by atoms with Crippen molar-refractivity contribution in [1.82, 2.24) is 4.98 Å². The van der Waals surface area contributed by atoms with E-state index in [0.29, 0.717) is 18.9 Å². The molecule has 1 heterocycles. The number of Topliss-reactive ketones (excluding diaryl/α,β-unsaturated/α-hetero) is 1. The van der Waals surface area contributed by atoms with E-state index in [-0.39, 0.29) is 5.78 Å². The smallest absolute Gasteiger partial charge is 0.163 e. The molecule has 1 aromatic heterocycles. The lowest BCUT2D eigenvalue weighted by Gasteiger charge is -2.13. The lowest BCUT2D eigenvalue weighted by molar-refractivity contribution is 0.0974. The molecular formula is C17H22N2O. The van der Waals surface area contributed by atoms with Crippen molar-refractivity contribution in [3.63, 3.8) is 0 Å². The molecule has 0 aliphatic rings. The molecule has 0 saturated carbocycles. The van der Waals surface area contributed by atoms with Gasteiger partial charge < -0.3 is 5.73 Å². The van der Waals surface area contributed by atoms with Gasteiger partial charge in [0.25, 0.3) is 0 Å². The molecule has 0 fully saturated rings. The SMILES string of the molecule is CCC(CCN)CCC(=O)c1cccc2cnccc12. The van der Waals surface area contributed by atoms with E-state index in [1.807, 2.05) is 24.3 Å². The van der Waals surface area contributed by atoms with Crippen LogP contribution in [-0.4, -0.2) is 17.3 Å². The van der Waals surface area contributed by atoms with Gasteiger partial charge in [0.1, 0.15) is 0 Å². The van der Waals surface area contributed by atoms with Crippen LogP contribution in [0.2, 0.25) is 0 Å². The highest BCUT2D eigenvalue weighted by atomic mass is 16.1. The Kier molecular flexibility index (Phi) is 5.24. The largest absolute Gasteiger partial charge is 0.330 e. The molecule has 0 spiro atoms. The maximum atomic E-state index is 12.4. The maximum absolute atomic E-state index is 12.4. The second kappa shape index (κ2) is 7.15. The van der Waals surface area contributed by atoms with Crippen molar-refractivity contribution in [3.8, 4) is 0 Å². The van der Waals surface area contributed by atoms with Crippen molar-refractivity contribution in [2.75, 3.05) is 6.54 Å². The van der Waals surface area contributed by atoms with Gasteiger partial charge in [-0.2, -0.15) is 0 Å². The Morgan fingerprint density at radius 1 is 1.30 bits per heavy atom. The van der Waals surface area contributed by atoms with Crippen LogP contribution >= 0.6 is 0 Å². The molecule has 106 valence electrons. The fourth-order valence-electron chi connectivity index (χ4n) is 2.62. The zero-order chi connectivity index (χ0) is 14.4. The fraction of sp³-hybridized carbons (Fsp3) is 0.412. The number of ketones is 1. The third kappa shape index (κ3) is 3.42. The van der Waals surface area contributed by atoms with E-state index in [9.17, 15) is 4.79 Å². The highest BCUT2D eigenvalue weighted by molar-refractivity contribution is 6.07. The zero-order valence-corrected chi connectivity index (χ0v) is 12.0. The van der Waals surface area contributed by atoms with Gasteiger partial charge in [-0.05, 0) is 36.8 Å². The molecule has 1 atom stereocenters. The number of carbonyl (C=O) groups excluding carboxylic acids is 1. The second-order valence-corrected chi connectivity index (χ2v) is 5.22. The molecule has 3 heteroatoms. The fourth-order valence-corrected chi connectivity index (χ4v) is 2.62. The third-order valence-electron chi connectivity index (χ3n) is 3.91. The molecule has 0 radical (unpaired) electrons. The Morgan fingerprint density at radius 2 is 2.15 bits per heavy atom. The minimum Gasteiger partial charge on any atom is -0.330 e. The van der Waals surface area contributed by atoms with Crippen LogP contribution in [0, 0.1) is 5.92 Å². The summed E-state index contributed by atoms with van der Waals surface area (Å²) in [6.07, 6.45) is 7.15. The van der Waals surface area contributed by atoms with Gasteiger partial charge in [-0.15, -0.1) is 0 Å². The predicted molar refractivity (Wildman–Crippen MR) is 82.8 cm³/mol. The summed E-state index contributed by atoms with van der Waals surface area (Å²) in [4.78, 5) is 16.5. The summed E-state index contributed by atoms with van der Waals surface area (Å²) >= 11 is 0. The van der Waals surface area contributed by atoms with Gasteiger partial charge in [0, 0.05) is 29.8 Å². The first-order chi connectivity index (χ1) is 9.76. The van der Waals surface area contributed by atoms with Crippen molar-refractivity contribution in [3.05, 3.63) is 42.2 Å². The standard InChI is InChI=1S/C17H22N2O/c1-2-13(8-10-18)6-7-17(20)16-5-3-4-14-12-19-11-9-15(14)16/h3-5,9,11-13H,2,6-8,10,18H2,1H3. The minimum atomic E-state index is 0.220. The minimum absolute atomic E-state index is 0.220. The summed E-state index contributed by atoms with van der Waals surface area (Å²) < 4.78 is 0. The topological polar surface area (TPSA) is 56.0 Å². The molecule has 0 bridgehead atoms. The van der Waals surface area contributed by atoms with Crippen LogP contribution in [-0.2, 0) is 0 Å². The number of carbonyl (C=O) groups is 1. The number of aromatic nitrogens is 1. The van der Waals surface area contributed by atoms with Gasteiger partial charge in [0.05, 0.1) is 0 Å². The van der Waals surface area contributed by atoms with Gasteiger partial charge in [0.15, 0.2) is 5.78 Å². The molecule has 1 aromatic carbocycles. The van der Waals surface area contributed by atoms with Crippen LogP contribution in [0.3, 0.4) is 0 Å². The van der Waals surface area contributed by atoms with Crippen LogP contribution in [0.5, 0.6) is 0 Å². The number of rotatable bonds is 7. The quantitative estimate of drug-likeness (QED) is 0.782. The van der Waals surface area contributed by atoms with E-state index in [1.165, 1.54) is 0 Å². The van der Waals surface area contributed by atoms with E-state index in [4.69, 9.17) is 5.73 Å². The van der Waals surface area contributed by atoms with E-state index in [1.54, 1.807) is 12.4 Å². The molecule has 2 N–H and O–H groups in total. The van der Waals surface area contributed by atoms with Crippen LogP contribution in [0.1, 0.15) is 43.0 Å². The van der Waals surface area contributed by atoms with Crippen molar-refractivity contribution in [2.45, 2.75) is 32.6 Å². The normalized spacial score (nSPS) is 12.5. The Morgan fingerprint density at radius 3 is 2.90 bits per heavy atom. The highest BCUT2D eigenvalue weighted by Gasteiger charge is 2.13. The van der Waals surface area contributed by atoms with Crippen molar-refractivity contribution < 1.29 is 4.79 Å². The maximum Gasteiger partial charge on any atom is 0.163 e. The first kappa shape index (κ1) is 14.7. The van der Waals surface area contributed by atoms with Crippen LogP contribution in [0.4, 0.5) is 0 Å². The van der Waals surface area contributed by atoms with Crippen molar-refractivity contribution >= 4 is 16.6 Å². The molecular weight excluding hydrogens is 248 g/mol. The summed E-state index contributed by atoms with van der Waals surface area (Å²) in [7, 11) is 0. The molecule has 0 saturated heterocycles. The monoisotopic (exact) mass is 270 g/mol. The van der Waals surface area contributed by atoms with Gasteiger partial charge >= 0.3 is 0 Å². The number of hydrogen-bond donors (Lipinski definition) is 1. The molecule has 1 unspecified atom stereocenters. The molecule has 3 nitrogen and oxygen atoms in total. The Balaban J connectivity index is 2.11. The van der Waals surface area contributed by atoms with Crippen LogP contribution in [0.25, 0.3) is 10.8 Å². The van der Waals surface area contributed by atoms with Gasteiger partial charge in [-0.3, -0.25) is 9.78 Å². The highest BCUT2D eigenvalue weighted by Crippen LogP contribution is 2.22. The van der Waals surface area contributed by atoms with Gasteiger partial charge in [0.2, 0.25) is 0 Å². The molecule has 0 aliphatic carbocycles.